The molecule has 0 aromatic carbocycles. The lowest BCUT2D eigenvalue weighted by Crippen LogP contribution is -2.16. The summed E-state index contributed by atoms with van der Waals surface area (Å²) in [7, 11) is 0. The van der Waals surface area contributed by atoms with Gasteiger partial charge in [-0.15, -0.1) is 0 Å². The molecule has 0 saturated heterocycles. The van der Waals surface area contributed by atoms with Crippen LogP contribution >= 0.6 is 0 Å². The van der Waals surface area contributed by atoms with Gasteiger partial charge in [0.25, 0.3) is 0 Å². The van der Waals surface area contributed by atoms with Crippen LogP contribution in [0.2, 0.25) is 0 Å². The molecular weight excluding hydrogens is 98.1 g/mol. The molecule has 1 N–H and O–H groups in total. The van der Waals surface area contributed by atoms with Gasteiger partial charge in [-0.2, -0.15) is 0 Å². The Kier molecular flexibility index (Phi) is 2.34. The maximum atomic E-state index is 3.46. The summed E-state index contributed by atoms with van der Waals surface area (Å²) in [6.07, 6.45) is 5.50. The Labute approximate surface area is 51.5 Å². The number of hydrogen-bond donors (Lipinski definition) is 1. The summed E-state index contributed by atoms with van der Waals surface area (Å²) in [5.41, 5.74) is 0. The molecule has 0 spiro atoms. The monoisotopic (exact) mass is 113 g/mol. The summed E-state index contributed by atoms with van der Waals surface area (Å²) in [5.74, 6) is 0. The molecule has 1 fully saturated rings. The first-order chi connectivity index (χ1) is 3.93. The minimum Gasteiger partial charge on any atom is -0.314 e. The second-order valence-corrected chi connectivity index (χ2v) is 2.58. The van der Waals surface area contributed by atoms with Crippen LogP contribution in [-0.2, 0) is 0 Å². The fraction of sp³-hybridized carbons (Fsp3) is 1.00. The van der Waals surface area contributed by atoms with E-state index in [4.69, 9.17) is 0 Å². The summed E-state index contributed by atoms with van der Waals surface area (Å²) in [5, 5.41) is 3.46. The van der Waals surface area contributed by atoms with Gasteiger partial charge in [0.15, 0.2) is 0 Å². The topological polar surface area (TPSA) is 12.0 Å². The molecule has 1 rings (SSSR count). The predicted molar refractivity (Wildman–Crippen MR) is 35.9 cm³/mol. The fourth-order valence-corrected chi connectivity index (χ4v) is 0.770. The van der Waals surface area contributed by atoms with E-state index in [1.54, 1.807) is 0 Å². The molecule has 0 unspecified atom stereocenters. The SMILES string of the molecule is CCCCNC1CC1. The van der Waals surface area contributed by atoms with Crippen molar-refractivity contribution < 1.29 is 0 Å². The van der Waals surface area contributed by atoms with E-state index < -0.39 is 0 Å². The first-order valence-electron chi connectivity index (χ1n) is 3.67. The minimum absolute atomic E-state index is 0.904. The molecule has 1 nitrogen and oxygen atoms in total. The van der Waals surface area contributed by atoms with E-state index in [0.29, 0.717) is 0 Å². The summed E-state index contributed by atoms with van der Waals surface area (Å²) >= 11 is 0. The van der Waals surface area contributed by atoms with Crippen molar-refractivity contribution in [3.05, 3.63) is 0 Å². The minimum atomic E-state index is 0.904. The Morgan fingerprint density at radius 2 is 2.25 bits per heavy atom. The Morgan fingerprint density at radius 3 is 2.75 bits per heavy atom. The third-order valence-corrected chi connectivity index (χ3v) is 1.54. The highest BCUT2D eigenvalue weighted by Crippen LogP contribution is 2.18. The van der Waals surface area contributed by atoms with Crippen molar-refractivity contribution in [1.82, 2.24) is 5.32 Å². The molecule has 0 radical (unpaired) electrons. The van der Waals surface area contributed by atoms with Crippen molar-refractivity contribution in [2.45, 2.75) is 38.6 Å². The van der Waals surface area contributed by atoms with Gasteiger partial charge >= 0.3 is 0 Å². The van der Waals surface area contributed by atoms with Crippen molar-refractivity contribution in [3.8, 4) is 0 Å². The summed E-state index contributed by atoms with van der Waals surface area (Å²) in [6.45, 7) is 3.47. The summed E-state index contributed by atoms with van der Waals surface area (Å²) < 4.78 is 0. The van der Waals surface area contributed by atoms with Crippen molar-refractivity contribution >= 4 is 0 Å². The van der Waals surface area contributed by atoms with Crippen molar-refractivity contribution in [1.29, 1.82) is 0 Å². The lowest BCUT2D eigenvalue weighted by molar-refractivity contribution is 0.638. The second kappa shape index (κ2) is 3.08. The van der Waals surface area contributed by atoms with E-state index in [0.717, 1.165) is 6.04 Å². The largest absolute Gasteiger partial charge is 0.314 e. The van der Waals surface area contributed by atoms with Crippen LogP contribution in [0.5, 0.6) is 0 Å². The van der Waals surface area contributed by atoms with Gasteiger partial charge in [0, 0.05) is 6.04 Å². The van der Waals surface area contributed by atoms with Crippen LogP contribution < -0.4 is 5.32 Å². The molecule has 0 aliphatic heterocycles. The van der Waals surface area contributed by atoms with E-state index in [9.17, 15) is 0 Å². The second-order valence-electron chi connectivity index (χ2n) is 2.58. The van der Waals surface area contributed by atoms with E-state index >= 15 is 0 Å². The van der Waals surface area contributed by atoms with Crippen LogP contribution in [0.3, 0.4) is 0 Å². The van der Waals surface area contributed by atoms with E-state index in [2.05, 4.69) is 12.2 Å². The van der Waals surface area contributed by atoms with Crippen LogP contribution in [0.4, 0.5) is 0 Å². The van der Waals surface area contributed by atoms with Gasteiger partial charge in [-0.25, -0.2) is 0 Å². The van der Waals surface area contributed by atoms with Gasteiger partial charge in [0.2, 0.25) is 0 Å². The molecule has 0 amide bonds. The number of unbranched alkanes of at least 4 members (excludes halogenated alkanes) is 1. The van der Waals surface area contributed by atoms with E-state index in [1.165, 1.54) is 32.2 Å². The molecule has 48 valence electrons. The number of nitrogens with one attached hydrogen (secondary N) is 1. The molecular formula is C7H15N. The summed E-state index contributed by atoms with van der Waals surface area (Å²) in [6, 6.07) is 0.904. The van der Waals surface area contributed by atoms with Gasteiger partial charge in [-0.1, -0.05) is 13.3 Å². The fourth-order valence-electron chi connectivity index (χ4n) is 0.770. The van der Waals surface area contributed by atoms with E-state index in [-0.39, 0.29) is 0 Å². The van der Waals surface area contributed by atoms with Gasteiger partial charge in [-0.3, -0.25) is 0 Å². The van der Waals surface area contributed by atoms with Gasteiger partial charge in [0.05, 0.1) is 0 Å². The van der Waals surface area contributed by atoms with Crippen LogP contribution in [0.1, 0.15) is 32.6 Å². The van der Waals surface area contributed by atoms with E-state index in [1.807, 2.05) is 0 Å². The third kappa shape index (κ3) is 2.31. The van der Waals surface area contributed by atoms with Crippen LogP contribution in [-0.4, -0.2) is 12.6 Å². The van der Waals surface area contributed by atoms with Crippen LogP contribution in [0.15, 0.2) is 0 Å². The maximum Gasteiger partial charge on any atom is 0.00682 e. The van der Waals surface area contributed by atoms with Crippen LogP contribution in [0, 0.1) is 0 Å². The molecule has 1 heteroatoms. The Hall–Kier alpha value is -0.0400. The third-order valence-electron chi connectivity index (χ3n) is 1.54. The van der Waals surface area contributed by atoms with Crippen LogP contribution in [0.25, 0.3) is 0 Å². The van der Waals surface area contributed by atoms with Crippen molar-refractivity contribution in [3.63, 3.8) is 0 Å². The molecule has 0 aromatic rings. The first-order valence-corrected chi connectivity index (χ1v) is 3.67. The Morgan fingerprint density at radius 1 is 1.50 bits per heavy atom. The van der Waals surface area contributed by atoms with Gasteiger partial charge < -0.3 is 5.32 Å². The zero-order chi connectivity index (χ0) is 5.82. The Balaban J connectivity index is 1.74. The highest BCUT2D eigenvalue weighted by atomic mass is 14.9. The molecule has 1 aliphatic rings. The normalized spacial score (nSPS) is 19.1. The van der Waals surface area contributed by atoms with Crippen molar-refractivity contribution in [2.24, 2.45) is 0 Å². The standard InChI is InChI=1S/C7H15N/c1-2-3-6-8-7-4-5-7/h7-8H,2-6H2,1H3. The van der Waals surface area contributed by atoms with Gasteiger partial charge in [0.1, 0.15) is 0 Å². The smallest absolute Gasteiger partial charge is 0.00682 e. The number of hydrogen-bond acceptors (Lipinski definition) is 1. The molecule has 0 atom stereocenters. The average Bonchev–Trinajstić information content (AvgIpc) is 2.51. The highest BCUT2D eigenvalue weighted by molar-refractivity contribution is 4.80. The first kappa shape index (κ1) is 6.09. The molecule has 1 saturated carbocycles. The van der Waals surface area contributed by atoms with Crippen molar-refractivity contribution in [2.75, 3.05) is 6.54 Å². The molecule has 1 aliphatic carbocycles. The van der Waals surface area contributed by atoms with Gasteiger partial charge in [-0.05, 0) is 25.8 Å². The summed E-state index contributed by atoms with van der Waals surface area (Å²) in [4.78, 5) is 0. The molecule has 0 bridgehead atoms. The molecule has 0 heterocycles. The zero-order valence-electron chi connectivity index (χ0n) is 5.61. The lowest BCUT2D eigenvalue weighted by atomic mass is 10.3. The highest BCUT2D eigenvalue weighted by Gasteiger charge is 2.19. The quantitative estimate of drug-likeness (QED) is 0.545. The molecule has 8 heavy (non-hydrogen) atoms. The number of rotatable bonds is 4. The average molecular weight is 113 g/mol. The maximum absolute atomic E-state index is 3.46. The Bertz CT molecular complexity index is 57.4. The lowest BCUT2D eigenvalue weighted by Gasteiger charge is -1.97. The predicted octanol–water partition coefficient (Wildman–Crippen LogP) is 1.54. The zero-order valence-corrected chi connectivity index (χ0v) is 5.61. The molecule has 0 aromatic heterocycles.